The van der Waals surface area contributed by atoms with Crippen LogP contribution in [0, 0.1) is 4.91 Å². The van der Waals surface area contributed by atoms with Crippen LogP contribution < -0.4 is 0 Å². The zero-order chi connectivity index (χ0) is 13.7. The third kappa shape index (κ3) is 1.25. The van der Waals surface area contributed by atoms with Crippen LogP contribution in [0.2, 0.25) is 0 Å². The van der Waals surface area contributed by atoms with E-state index < -0.39 is 0 Å². The average molecular weight is 262 g/mol. The van der Waals surface area contributed by atoms with Crippen LogP contribution in [0.5, 0.6) is 0 Å². The fraction of sp³-hybridized carbons (Fsp3) is 0. The summed E-state index contributed by atoms with van der Waals surface area (Å²) >= 11 is 0. The van der Waals surface area contributed by atoms with E-state index in [1.165, 1.54) is 0 Å². The van der Waals surface area contributed by atoms with Gasteiger partial charge >= 0.3 is 0 Å². The van der Waals surface area contributed by atoms with E-state index in [0.29, 0.717) is 16.9 Å². The van der Waals surface area contributed by atoms with Gasteiger partial charge in [-0.2, -0.15) is 4.73 Å². The third-order valence-electron chi connectivity index (χ3n) is 3.72. The van der Waals surface area contributed by atoms with Crippen molar-refractivity contribution >= 4 is 27.2 Å². The molecular weight excluding hydrogens is 252 g/mol. The van der Waals surface area contributed by atoms with Gasteiger partial charge in [0, 0.05) is 21.7 Å². The van der Waals surface area contributed by atoms with E-state index in [1.54, 1.807) is 6.20 Å². The molecule has 2 aromatic rings. The van der Waals surface area contributed by atoms with Crippen molar-refractivity contribution in [1.82, 2.24) is 4.73 Å². The van der Waals surface area contributed by atoms with Gasteiger partial charge in [0.05, 0.1) is 11.9 Å². The number of hydrogen-bond donors (Lipinski definition) is 1. The molecule has 0 saturated heterocycles. The first-order valence-electron chi connectivity index (χ1n) is 6.28. The summed E-state index contributed by atoms with van der Waals surface area (Å²) in [6.45, 7) is 0. The van der Waals surface area contributed by atoms with Crippen molar-refractivity contribution < 1.29 is 5.21 Å². The molecule has 0 aromatic heterocycles. The Hall–Kier alpha value is -2.88. The molecule has 0 spiro atoms. The number of pyridine rings is 1. The van der Waals surface area contributed by atoms with Gasteiger partial charge in [0.2, 0.25) is 0 Å². The molecule has 2 aliphatic rings. The molecule has 1 aliphatic heterocycles. The van der Waals surface area contributed by atoms with Gasteiger partial charge in [-0.25, -0.2) is 0 Å². The van der Waals surface area contributed by atoms with Crippen molar-refractivity contribution in [1.29, 1.82) is 0 Å². The number of hydrogen-bond acceptors (Lipinski definition) is 3. The van der Waals surface area contributed by atoms with Gasteiger partial charge in [-0.05, 0) is 10.6 Å². The molecule has 4 heteroatoms. The first-order chi connectivity index (χ1) is 9.81. The van der Waals surface area contributed by atoms with Gasteiger partial charge < -0.3 is 5.21 Å². The minimum absolute atomic E-state index is 0.384. The first kappa shape index (κ1) is 11.0. The number of aromatic nitrogens is 1. The smallest absolute Gasteiger partial charge is 0.125 e. The van der Waals surface area contributed by atoms with Gasteiger partial charge in [-0.1, -0.05) is 48.5 Å². The highest BCUT2D eigenvalue weighted by molar-refractivity contribution is 6.18. The summed E-state index contributed by atoms with van der Waals surface area (Å²) in [7, 11) is 0. The summed E-state index contributed by atoms with van der Waals surface area (Å²) in [6, 6.07) is 15.1. The number of fused-ring (bicyclic) bond motifs is 5. The van der Waals surface area contributed by atoms with Crippen molar-refractivity contribution in [2.45, 2.75) is 0 Å². The monoisotopic (exact) mass is 262 g/mol. The van der Waals surface area contributed by atoms with Crippen molar-refractivity contribution in [3.63, 3.8) is 0 Å². The van der Waals surface area contributed by atoms with E-state index in [-0.39, 0.29) is 0 Å². The van der Waals surface area contributed by atoms with E-state index in [9.17, 15) is 10.1 Å². The zero-order valence-electron chi connectivity index (χ0n) is 10.4. The molecule has 0 saturated carbocycles. The first-order valence-corrected chi connectivity index (χ1v) is 6.28. The second kappa shape index (κ2) is 3.81. The maximum atomic E-state index is 11.3. The van der Waals surface area contributed by atoms with E-state index in [0.717, 1.165) is 26.3 Å². The minimum atomic E-state index is 0.384. The third-order valence-corrected chi connectivity index (χ3v) is 3.72. The fourth-order valence-corrected chi connectivity index (χ4v) is 2.90. The lowest BCUT2D eigenvalue weighted by Gasteiger charge is -2.10. The molecule has 4 rings (SSSR count). The summed E-state index contributed by atoms with van der Waals surface area (Å²) in [4.78, 5) is 11.3. The highest BCUT2D eigenvalue weighted by atomic mass is 16.5. The Labute approximate surface area is 114 Å². The van der Waals surface area contributed by atoms with E-state index in [4.69, 9.17) is 0 Å². The van der Waals surface area contributed by atoms with Gasteiger partial charge in [-0.15, -0.1) is 4.91 Å². The predicted molar refractivity (Wildman–Crippen MR) is 78.7 cm³/mol. The van der Waals surface area contributed by atoms with Crippen LogP contribution >= 0.6 is 0 Å². The molecule has 1 heterocycles. The highest BCUT2D eigenvalue weighted by Crippen LogP contribution is 2.47. The Morgan fingerprint density at radius 2 is 1.55 bits per heavy atom. The normalized spacial score (nSPS) is 11.4. The SMILES string of the molecule is O=Nc1c2c3ccccc3cn(O)c-2c2ccccc12. The lowest BCUT2D eigenvalue weighted by molar-refractivity contribution is 0.191. The standard InChI is InChI=1S/C16H10N2O2/c19-17-15-12-7-3-4-8-13(12)16-14(15)11-6-2-1-5-10(11)9-18(16)20/h1-9,20H. The largest absolute Gasteiger partial charge is 0.428 e. The molecule has 0 atom stereocenters. The molecular formula is C16H10N2O2. The summed E-state index contributed by atoms with van der Waals surface area (Å²) in [6.07, 6.45) is 1.65. The van der Waals surface area contributed by atoms with Gasteiger partial charge in [0.1, 0.15) is 5.69 Å². The second-order valence-corrected chi connectivity index (χ2v) is 4.77. The van der Waals surface area contributed by atoms with E-state index in [2.05, 4.69) is 5.18 Å². The molecule has 0 amide bonds. The molecule has 0 bridgehead atoms. The quantitative estimate of drug-likeness (QED) is 0.404. The predicted octanol–water partition coefficient (Wildman–Crippen LogP) is 4.53. The molecule has 1 N–H and O–H groups in total. The Balaban J connectivity index is 2.38. The molecule has 20 heavy (non-hydrogen) atoms. The summed E-state index contributed by atoms with van der Waals surface area (Å²) in [5, 5.41) is 16.8. The molecule has 4 nitrogen and oxygen atoms in total. The average Bonchev–Trinajstić information content (AvgIpc) is 2.82. The number of rotatable bonds is 1. The van der Waals surface area contributed by atoms with Crippen LogP contribution in [0.4, 0.5) is 5.69 Å². The Bertz CT molecular complexity index is 940. The van der Waals surface area contributed by atoms with Crippen LogP contribution in [-0.4, -0.2) is 9.94 Å². The number of benzene rings is 2. The van der Waals surface area contributed by atoms with Crippen LogP contribution in [0.15, 0.2) is 59.9 Å². The maximum absolute atomic E-state index is 11.3. The Morgan fingerprint density at radius 1 is 0.900 bits per heavy atom. The number of nitroso groups, excluding NO2 is 1. The van der Waals surface area contributed by atoms with Gasteiger partial charge in [0.15, 0.2) is 0 Å². The van der Waals surface area contributed by atoms with E-state index in [1.807, 2.05) is 48.5 Å². The van der Waals surface area contributed by atoms with Gasteiger partial charge in [0.25, 0.3) is 0 Å². The Kier molecular flexibility index (Phi) is 2.09. The molecule has 96 valence electrons. The molecule has 0 radical (unpaired) electrons. The number of nitrogens with zero attached hydrogens (tertiary/aromatic N) is 2. The van der Waals surface area contributed by atoms with Crippen LogP contribution in [-0.2, 0) is 0 Å². The van der Waals surface area contributed by atoms with Crippen molar-refractivity contribution in [3.05, 3.63) is 59.6 Å². The van der Waals surface area contributed by atoms with Gasteiger partial charge in [-0.3, -0.25) is 0 Å². The van der Waals surface area contributed by atoms with Crippen LogP contribution in [0.1, 0.15) is 0 Å². The topological polar surface area (TPSA) is 54.6 Å². The highest BCUT2D eigenvalue weighted by Gasteiger charge is 2.23. The molecule has 0 unspecified atom stereocenters. The van der Waals surface area contributed by atoms with Crippen molar-refractivity contribution in [2.75, 3.05) is 0 Å². The summed E-state index contributed by atoms with van der Waals surface area (Å²) in [5.74, 6) is 0. The van der Waals surface area contributed by atoms with E-state index >= 15 is 0 Å². The lowest BCUT2D eigenvalue weighted by Crippen LogP contribution is -1.97. The van der Waals surface area contributed by atoms with Crippen LogP contribution in [0.25, 0.3) is 32.8 Å². The second-order valence-electron chi connectivity index (χ2n) is 4.77. The maximum Gasteiger partial charge on any atom is 0.125 e. The Morgan fingerprint density at radius 3 is 2.30 bits per heavy atom. The van der Waals surface area contributed by atoms with Crippen LogP contribution in [0.3, 0.4) is 0 Å². The van der Waals surface area contributed by atoms with Crippen molar-refractivity contribution in [3.8, 4) is 11.3 Å². The fourth-order valence-electron chi connectivity index (χ4n) is 2.90. The summed E-state index contributed by atoms with van der Waals surface area (Å²) < 4.78 is 1.08. The molecule has 1 aliphatic carbocycles. The summed E-state index contributed by atoms with van der Waals surface area (Å²) in [5.41, 5.74) is 1.70. The molecule has 0 fully saturated rings. The zero-order valence-corrected chi connectivity index (χ0v) is 10.4. The molecule has 2 aromatic carbocycles. The lowest BCUT2D eigenvalue weighted by atomic mass is 10.0. The van der Waals surface area contributed by atoms with Crippen molar-refractivity contribution in [2.24, 2.45) is 5.18 Å². The minimum Gasteiger partial charge on any atom is -0.428 e.